The molecule has 0 radical (unpaired) electrons. The van der Waals surface area contributed by atoms with Crippen molar-refractivity contribution < 1.29 is 5.11 Å². The van der Waals surface area contributed by atoms with E-state index in [0.717, 1.165) is 36.8 Å². The van der Waals surface area contributed by atoms with Gasteiger partial charge in [0.05, 0.1) is 11.8 Å². The number of thiazole rings is 1. The monoisotopic (exact) mass is 274 g/mol. The van der Waals surface area contributed by atoms with Gasteiger partial charge in [0.2, 0.25) is 0 Å². The zero-order valence-corrected chi connectivity index (χ0v) is 11.9. The van der Waals surface area contributed by atoms with E-state index in [1.807, 2.05) is 0 Å². The molecule has 1 aliphatic rings. The van der Waals surface area contributed by atoms with Crippen LogP contribution in [-0.4, -0.2) is 34.2 Å². The van der Waals surface area contributed by atoms with Crippen molar-refractivity contribution in [1.82, 2.24) is 9.88 Å². The molecule has 3 nitrogen and oxygen atoms in total. The van der Waals surface area contributed by atoms with Gasteiger partial charge in [0.15, 0.2) is 0 Å². The summed E-state index contributed by atoms with van der Waals surface area (Å²) in [6.07, 6.45) is 0.727. The predicted molar refractivity (Wildman–Crippen MR) is 78.2 cm³/mol. The van der Waals surface area contributed by atoms with Crippen molar-refractivity contribution in [2.45, 2.75) is 26.0 Å². The smallest absolute Gasteiger partial charge is 0.123 e. The van der Waals surface area contributed by atoms with Crippen molar-refractivity contribution in [1.29, 1.82) is 0 Å². The Morgan fingerprint density at radius 3 is 2.84 bits per heavy atom. The van der Waals surface area contributed by atoms with Crippen LogP contribution < -0.4 is 0 Å². The Hall–Kier alpha value is -1.23. The maximum Gasteiger partial charge on any atom is 0.123 e. The summed E-state index contributed by atoms with van der Waals surface area (Å²) in [6, 6.07) is 8.48. The molecule has 1 saturated heterocycles. The summed E-state index contributed by atoms with van der Waals surface area (Å²) in [7, 11) is 0. The molecule has 4 heteroatoms. The summed E-state index contributed by atoms with van der Waals surface area (Å²) in [6.45, 7) is 4.69. The first-order chi connectivity index (χ1) is 9.20. The van der Waals surface area contributed by atoms with E-state index in [1.165, 1.54) is 11.1 Å². The number of aliphatic hydroxyl groups excluding tert-OH is 1. The van der Waals surface area contributed by atoms with E-state index in [9.17, 15) is 5.11 Å². The number of hydrogen-bond donors (Lipinski definition) is 1. The van der Waals surface area contributed by atoms with Gasteiger partial charge < -0.3 is 5.11 Å². The molecule has 0 bridgehead atoms. The van der Waals surface area contributed by atoms with Crippen LogP contribution in [-0.2, 0) is 6.54 Å². The van der Waals surface area contributed by atoms with E-state index in [1.54, 1.807) is 11.3 Å². The van der Waals surface area contributed by atoms with Crippen LogP contribution in [0.2, 0.25) is 0 Å². The van der Waals surface area contributed by atoms with Crippen molar-refractivity contribution in [2.75, 3.05) is 13.1 Å². The molecule has 1 aromatic heterocycles. The SMILES string of the molecule is Cc1ccc(-c2nc(CN3CCC(O)C3)cs2)cc1. The maximum absolute atomic E-state index is 9.53. The zero-order chi connectivity index (χ0) is 13.2. The number of likely N-dealkylation sites (tertiary alicyclic amines) is 1. The van der Waals surface area contributed by atoms with Crippen LogP contribution in [0.3, 0.4) is 0 Å². The van der Waals surface area contributed by atoms with Crippen molar-refractivity contribution in [3.63, 3.8) is 0 Å². The van der Waals surface area contributed by atoms with Crippen LogP contribution >= 0.6 is 11.3 Å². The number of rotatable bonds is 3. The second-order valence-electron chi connectivity index (χ2n) is 5.19. The first-order valence-electron chi connectivity index (χ1n) is 6.62. The lowest BCUT2D eigenvalue weighted by molar-refractivity contribution is 0.174. The number of β-amino-alcohol motifs (C(OH)–C–C–N with tert-alkyl or cyclic N) is 1. The molecule has 1 aromatic carbocycles. The summed E-state index contributed by atoms with van der Waals surface area (Å²) in [5.74, 6) is 0. The molecular weight excluding hydrogens is 256 g/mol. The highest BCUT2D eigenvalue weighted by Crippen LogP contribution is 2.25. The molecule has 0 saturated carbocycles. The molecule has 19 heavy (non-hydrogen) atoms. The minimum Gasteiger partial charge on any atom is -0.392 e. The number of nitrogens with zero attached hydrogens (tertiary/aromatic N) is 2. The molecule has 1 aliphatic heterocycles. The van der Waals surface area contributed by atoms with E-state index >= 15 is 0 Å². The Balaban J connectivity index is 1.71. The third-order valence-electron chi connectivity index (χ3n) is 3.48. The van der Waals surface area contributed by atoms with Gasteiger partial charge in [-0.25, -0.2) is 4.98 Å². The molecule has 1 unspecified atom stereocenters. The second-order valence-corrected chi connectivity index (χ2v) is 6.05. The van der Waals surface area contributed by atoms with Gasteiger partial charge in [-0.05, 0) is 13.3 Å². The molecule has 0 amide bonds. The highest BCUT2D eigenvalue weighted by atomic mass is 32.1. The summed E-state index contributed by atoms with van der Waals surface area (Å²) in [4.78, 5) is 6.96. The van der Waals surface area contributed by atoms with E-state index < -0.39 is 0 Å². The Bertz CT molecular complexity index is 550. The van der Waals surface area contributed by atoms with Gasteiger partial charge in [-0.1, -0.05) is 29.8 Å². The average molecular weight is 274 g/mol. The minimum absolute atomic E-state index is 0.157. The third kappa shape index (κ3) is 3.03. The molecule has 2 aromatic rings. The quantitative estimate of drug-likeness (QED) is 0.935. The van der Waals surface area contributed by atoms with Crippen LogP contribution in [0, 0.1) is 6.92 Å². The number of aryl methyl sites for hydroxylation is 1. The summed E-state index contributed by atoms with van der Waals surface area (Å²) < 4.78 is 0. The normalized spacial score (nSPS) is 20.0. The topological polar surface area (TPSA) is 36.4 Å². The summed E-state index contributed by atoms with van der Waals surface area (Å²) in [5, 5.41) is 12.7. The van der Waals surface area contributed by atoms with Crippen LogP contribution in [0.4, 0.5) is 0 Å². The van der Waals surface area contributed by atoms with E-state index in [0.29, 0.717) is 0 Å². The van der Waals surface area contributed by atoms with Crippen molar-refractivity contribution in [3.8, 4) is 10.6 Å². The van der Waals surface area contributed by atoms with E-state index in [2.05, 4.69) is 41.5 Å². The Kier molecular flexibility index (Phi) is 3.64. The number of aliphatic hydroxyl groups is 1. The largest absolute Gasteiger partial charge is 0.392 e. The van der Waals surface area contributed by atoms with Crippen LogP contribution in [0.25, 0.3) is 10.6 Å². The standard InChI is InChI=1S/C15H18N2OS/c1-11-2-4-12(5-3-11)15-16-13(10-19-15)8-17-7-6-14(18)9-17/h2-5,10,14,18H,6-9H2,1H3. The first kappa shape index (κ1) is 12.8. The number of aromatic nitrogens is 1. The molecule has 0 spiro atoms. The lowest BCUT2D eigenvalue weighted by Crippen LogP contribution is -2.21. The molecule has 1 atom stereocenters. The first-order valence-corrected chi connectivity index (χ1v) is 7.50. The van der Waals surface area contributed by atoms with E-state index in [4.69, 9.17) is 4.98 Å². The Labute approximate surface area is 117 Å². The number of benzene rings is 1. The van der Waals surface area contributed by atoms with Gasteiger partial charge in [-0.2, -0.15) is 0 Å². The van der Waals surface area contributed by atoms with E-state index in [-0.39, 0.29) is 6.10 Å². The van der Waals surface area contributed by atoms with Crippen LogP contribution in [0.15, 0.2) is 29.6 Å². The Morgan fingerprint density at radius 1 is 1.37 bits per heavy atom. The average Bonchev–Trinajstić information content (AvgIpc) is 3.00. The van der Waals surface area contributed by atoms with Gasteiger partial charge in [0.1, 0.15) is 5.01 Å². The van der Waals surface area contributed by atoms with Crippen LogP contribution in [0.5, 0.6) is 0 Å². The fourth-order valence-electron chi connectivity index (χ4n) is 2.39. The second kappa shape index (κ2) is 5.41. The predicted octanol–water partition coefficient (Wildman–Crippen LogP) is 2.69. The summed E-state index contributed by atoms with van der Waals surface area (Å²) >= 11 is 1.69. The number of hydrogen-bond acceptors (Lipinski definition) is 4. The molecule has 3 rings (SSSR count). The summed E-state index contributed by atoms with van der Waals surface area (Å²) in [5.41, 5.74) is 3.56. The molecule has 0 aliphatic carbocycles. The molecule has 100 valence electrons. The maximum atomic E-state index is 9.53. The Morgan fingerprint density at radius 2 is 2.16 bits per heavy atom. The fraction of sp³-hybridized carbons (Fsp3) is 0.400. The van der Waals surface area contributed by atoms with Crippen molar-refractivity contribution in [3.05, 3.63) is 40.9 Å². The van der Waals surface area contributed by atoms with Crippen molar-refractivity contribution in [2.24, 2.45) is 0 Å². The highest BCUT2D eigenvalue weighted by Gasteiger charge is 2.20. The highest BCUT2D eigenvalue weighted by molar-refractivity contribution is 7.13. The molecule has 1 N–H and O–H groups in total. The van der Waals surface area contributed by atoms with Crippen molar-refractivity contribution >= 4 is 11.3 Å². The third-order valence-corrected chi connectivity index (χ3v) is 4.42. The van der Waals surface area contributed by atoms with Gasteiger partial charge >= 0.3 is 0 Å². The van der Waals surface area contributed by atoms with Crippen LogP contribution in [0.1, 0.15) is 17.7 Å². The lowest BCUT2D eigenvalue weighted by atomic mass is 10.2. The van der Waals surface area contributed by atoms with Gasteiger partial charge in [-0.3, -0.25) is 4.90 Å². The van der Waals surface area contributed by atoms with Gasteiger partial charge in [0.25, 0.3) is 0 Å². The minimum atomic E-state index is -0.157. The zero-order valence-electron chi connectivity index (χ0n) is 11.0. The molecular formula is C15H18N2OS. The lowest BCUT2D eigenvalue weighted by Gasteiger charge is -2.12. The molecule has 1 fully saturated rings. The van der Waals surface area contributed by atoms with Gasteiger partial charge in [-0.15, -0.1) is 11.3 Å². The van der Waals surface area contributed by atoms with Gasteiger partial charge in [0, 0.05) is 30.6 Å². The fourth-order valence-corrected chi connectivity index (χ4v) is 3.21. The molecule has 2 heterocycles.